The van der Waals surface area contributed by atoms with E-state index in [1.807, 2.05) is 0 Å². The van der Waals surface area contributed by atoms with Crippen LogP contribution in [0.4, 0.5) is 0 Å². The van der Waals surface area contributed by atoms with Crippen LogP contribution < -0.4 is 0 Å². The van der Waals surface area contributed by atoms with Gasteiger partial charge >= 0.3 is 11.9 Å². The maximum atomic E-state index is 12.7. The minimum absolute atomic E-state index is 0.180. The van der Waals surface area contributed by atoms with Crippen molar-refractivity contribution in [3.05, 3.63) is 24.3 Å². The molecule has 6 heteroatoms. The summed E-state index contributed by atoms with van der Waals surface area (Å²) in [6, 6.07) is 0. The van der Waals surface area contributed by atoms with E-state index in [2.05, 4.69) is 6.58 Å². The highest BCUT2D eigenvalue weighted by atomic mass is 16.6. The molecule has 0 radical (unpaired) electrons. The molecule has 3 N–H and O–H groups in total. The Balaban J connectivity index is 1.78. The molecule has 4 bridgehead atoms. The zero-order valence-corrected chi connectivity index (χ0v) is 14.1. The molecule has 1 saturated heterocycles. The number of carboxylic acid groups (broad SMARTS) is 1. The number of carbonyl (C=O) groups is 2. The summed E-state index contributed by atoms with van der Waals surface area (Å²) in [6.45, 7) is 5.64. The second kappa shape index (κ2) is 4.01. The first-order chi connectivity index (χ1) is 11.6. The summed E-state index contributed by atoms with van der Waals surface area (Å²) in [5.41, 5.74) is -3.29. The average molecular weight is 346 g/mol. The van der Waals surface area contributed by atoms with Gasteiger partial charge in [0.2, 0.25) is 0 Å². The molecule has 1 spiro atoms. The predicted octanol–water partition coefficient (Wildman–Crippen LogP) is 1.03. The van der Waals surface area contributed by atoms with Crippen LogP contribution in [0, 0.1) is 28.6 Å². The van der Waals surface area contributed by atoms with Crippen molar-refractivity contribution >= 4 is 11.9 Å². The van der Waals surface area contributed by atoms with Crippen LogP contribution in [0.15, 0.2) is 24.3 Å². The second-order valence-corrected chi connectivity index (χ2v) is 8.94. The van der Waals surface area contributed by atoms with Gasteiger partial charge in [-0.1, -0.05) is 12.7 Å². The topological polar surface area (TPSA) is 104 Å². The number of ether oxygens (including phenoxy) is 1. The van der Waals surface area contributed by atoms with Crippen molar-refractivity contribution in [3.63, 3.8) is 0 Å². The quantitative estimate of drug-likeness (QED) is 0.484. The lowest BCUT2D eigenvalue weighted by molar-refractivity contribution is -0.163. The Labute approximate surface area is 145 Å². The Bertz CT molecular complexity index is 772. The number of esters is 1. The fourth-order valence-corrected chi connectivity index (χ4v) is 7.13. The molecule has 1 unspecified atom stereocenters. The van der Waals surface area contributed by atoms with Gasteiger partial charge in [-0.25, -0.2) is 0 Å². The lowest BCUT2D eigenvalue weighted by Crippen LogP contribution is -2.50. The van der Waals surface area contributed by atoms with Gasteiger partial charge in [0.1, 0.15) is 11.0 Å². The molecule has 1 heterocycles. The monoisotopic (exact) mass is 346 g/mol. The number of carbonyl (C=O) groups excluding carboxylic acids is 1. The number of rotatable bonds is 1. The summed E-state index contributed by atoms with van der Waals surface area (Å²) < 4.78 is 5.87. The van der Waals surface area contributed by atoms with Gasteiger partial charge in [-0.3, -0.25) is 9.59 Å². The Kier molecular flexibility index (Phi) is 2.50. The molecule has 3 saturated carbocycles. The van der Waals surface area contributed by atoms with E-state index < -0.39 is 51.9 Å². The maximum Gasteiger partial charge on any atom is 0.316 e. The number of hydrogen-bond acceptors (Lipinski definition) is 5. The molecule has 5 aliphatic rings. The van der Waals surface area contributed by atoms with Crippen molar-refractivity contribution in [2.45, 2.75) is 49.9 Å². The molecule has 8 atom stereocenters. The number of fused-ring (bicyclic) bond motifs is 1. The minimum Gasteiger partial charge on any atom is -0.481 e. The number of carboxylic acids is 1. The largest absolute Gasteiger partial charge is 0.481 e. The Morgan fingerprint density at radius 1 is 1.44 bits per heavy atom. The van der Waals surface area contributed by atoms with Gasteiger partial charge in [0.25, 0.3) is 0 Å². The van der Waals surface area contributed by atoms with Crippen LogP contribution in [0.5, 0.6) is 0 Å². The van der Waals surface area contributed by atoms with E-state index in [0.717, 1.165) is 0 Å². The van der Waals surface area contributed by atoms with Crippen molar-refractivity contribution in [2.75, 3.05) is 0 Å². The summed E-state index contributed by atoms with van der Waals surface area (Å²) in [6.07, 6.45) is 4.11. The van der Waals surface area contributed by atoms with Crippen molar-refractivity contribution in [3.8, 4) is 0 Å². The van der Waals surface area contributed by atoms with Gasteiger partial charge in [0, 0.05) is 11.8 Å². The minimum atomic E-state index is -1.27. The van der Waals surface area contributed by atoms with Crippen LogP contribution in [0.25, 0.3) is 0 Å². The van der Waals surface area contributed by atoms with Gasteiger partial charge < -0.3 is 20.1 Å². The van der Waals surface area contributed by atoms with E-state index >= 15 is 0 Å². The smallest absolute Gasteiger partial charge is 0.316 e. The van der Waals surface area contributed by atoms with Crippen molar-refractivity contribution in [1.82, 2.24) is 0 Å². The molecular formula is C19H22O6. The number of hydrogen-bond donors (Lipinski definition) is 3. The number of aliphatic hydroxyl groups is 2. The van der Waals surface area contributed by atoms with Gasteiger partial charge in [0.05, 0.1) is 17.6 Å². The van der Waals surface area contributed by atoms with E-state index in [-0.39, 0.29) is 5.92 Å². The highest BCUT2D eigenvalue weighted by molar-refractivity contribution is 5.86. The van der Waals surface area contributed by atoms with Crippen LogP contribution in [0.1, 0.15) is 32.6 Å². The summed E-state index contributed by atoms with van der Waals surface area (Å²) in [4.78, 5) is 25.1. The first kappa shape index (κ1) is 15.6. The Morgan fingerprint density at radius 3 is 2.84 bits per heavy atom. The molecule has 0 aromatic carbocycles. The second-order valence-electron chi connectivity index (χ2n) is 8.94. The maximum absolute atomic E-state index is 12.7. The first-order valence-corrected chi connectivity index (χ1v) is 8.86. The number of aliphatic hydroxyl groups excluding tert-OH is 1. The van der Waals surface area contributed by atoms with E-state index in [0.29, 0.717) is 31.3 Å². The van der Waals surface area contributed by atoms with Crippen molar-refractivity contribution < 1.29 is 29.6 Å². The third-order valence-electron chi connectivity index (χ3n) is 8.12. The summed E-state index contributed by atoms with van der Waals surface area (Å²) in [7, 11) is 0. The van der Waals surface area contributed by atoms with Gasteiger partial charge in [-0.15, -0.1) is 0 Å². The van der Waals surface area contributed by atoms with Gasteiger partial charge in [0.15, 0.2) is 0 Å². The van der Waals surface area contributed by atoms with Gasteiger partial charge in [-0.2, -0.15) is 0 Å². The first-order valence-electron chi connectivity index (χ1n) is 8.86. The molecule has 0 aromatic heterocycles. The van der Waals surface area contributed by atoms with Crippen LogP contribution in [-0.2, 0) is 14.3 Å². The van der Waals surface area contributed by atoms with E-state index in [9.17, 15) is 24.9 Å². The highest BCUT2D eigenvalue weighted by Crippen LogP contribution is 2.77. The summed E-state index contributed by atoms with van der Waals surface area (Å²) in [5, 5.41) is 31.6. The standard InChI is InChI=1S/C19H22O6/c1-9-7-17-8-18(9,24)5-3-10(17)19-6-4-11(20)16(2,15(23)25-19)13(19)12(17)14(21)22/h4,6,10-13,20,24H,1,3,5,7-8H2,2H3,(H,21,22)/t10-,11+,12-,13?,16+,17+,18+,19-/m1/s1. The fraction of sp³-hybridized carbons (Fsp3) is 0.684. The zero-order chi connectivity index (χ0) is 18.0. The highest BCUT2D eigenvalue weighted by Gasteiger charge is 2.83. The third kappa shape index (κ3) is 1.36. The van der Waals surface area contributed by atoms with Crippen LogP contribution in [0.3, 0.4) is 0 Å². The third-order valence-corrected chi connectivity index (χ3v) is 8.12. The SMILES string of the molecule is C=C1C[C@]23C[C@@]1(O)CC[C@H]2[C@@]12C=C[C@H](O)[C@](C)(C(=O)O1)C2[C@@H]3C(=O)O. The van der Waals surface area contributed by atoms with E-state index in [4.69, 9.17) is 4.74 Å². The Hall–Kier alpha value is -1.66. The van der Waals surface area contributed by atoms with Crippen LogP contribution in [0.2, 0.25) is 0 Å². The van der Waals surface area contributed by atoms with Crippen LogP contribution in [-0.4, -0.2) is 44.6 Å². The number of aliphatic carboxylic acids is 1. The normalized spacial score (nSPS) is 58.0. The Morgan fingerprint density at radius 2 is 2.16 bits per heavy atom. The van der Waals surface area contributed by atoms with E-state index in [1.54, 1.807) is 19.1 Å². The van der Waals surface area contributed by atoms with Crippen LogP contribution >= 0.6 is 0 Å². The van der Waals surface area contributed by atoms with Crippen molar-refractivity contribution in [2.24, 2.45) is 28.6 Å². The molecule has 1 aliphatic heterocycles. The molecular weight excluding hydrogens is 324 g/mol. The summed E-state index contributed by atoms with van der Waals surface area (Å²) in [5.74, 6) is -3.18. The molecule has 5 rings (SSSR count). The predicted molar refractivity (Wildman–Crippen MR) is 85.2 cm³/mol. The molecule has 6 nitrogen and oxygen atoms in total. The fourth-order valence-electron chi connectivity index (χ4n) is 7.13. The molecule has 134 valence electrons. The lowest BCUT2D eigenvalue weighted by Gasteiger charge is -2.44. The molecule has 4 aliphatic carbocycles. The zero-order valence-electron chi connectivity index (χ0n) is 14.1. The molecule has 0 amide bonds. The summed E-state index contributed by atoms with van der Waals surface area (Å²) >= 11 is 0. The molecule has 25 heavy (non-hydrogen) atoms. The van der Waals surface area contributed by atoms with Gasteiger partial charge in [-0.05, 0) is 49.7 Å². The van der Waals surface area contributed by atoms with Crippen molar-refractivity contribution in [1.29, 1.82) is 0 Å². The lowest BCUT2D eigenvalue weighted by atomic mass is 9.61. The van der Waals surface area contributed by atoms with E-state index in [1.165, 1.54) is 0 Å². The average Bonchev–Trinajstić information content (AvgIpc) is 2.95. The molecule has 0 aromatic rings. The molecule has 4 fully saturated rings.